The molecule has 0 spiro atoms. The third-order valence-corrected chi connectivity index (χ3v) is 4.93. The van der Waals surface area contributed by atoms with E-state index in [1.54, 1.807) is 0 Å². The molecule has 0 saturated heterocycles. The van der Waals surface area contributed by atoms with Gasteiger partial charge in [0.2, 0.25) is 5.91 Å². The summed E-state index contributed by atoms with van der Waals surface area (Å²) >= 11 is 0. The molecule has 1 aliphatic rings. The minimum Gasteiger partial charge on any atom is -0.348 e. The second-order valence-corrected chi connectivity index (χ2v) is 7.13. The topological polar surface area (TPSA) is 58.2 Å². The van der Waals surface area contributed by atoms with Crippen molar-refractivity contribution >= 4 is 11.8 Å². The van der Waals surface area contributed by atoms with E-state index in [0.717, 1.165) is 5.56 Å². The molecule has 0 radical (unpaired) electrons. The fourth-order valence-electron chi connectivity index (χ4n) is 3.33. The van der Waals surface area contributed by atoms with Crippen LogP contribution in [-0.4, -0.2) is 17.4 Å². The number of amides is 2. The quantitative estimate of drug-likeness (QED) is 0.784. The minimum absolute atomic E-state index is 0.0350. The Hall–Kier alpha value is -2.10. The average Bonchev–Trinajstić information content (AvgIpc) is 2.60. The molecule has 2 rings (SSSR count). The maximum absolute atomic E-state index is 12.5. The van der Waals surface area contributed by atoms with E-state index in [0.29, 0.717) is 18.0 Å². The lowest BCUT2D eigenvalue weighted by atomic mass is 9.76. The Morgan fingerprint density at radius 3 is 2.38 bits per heavy atom. The predicted octanol–water partition coefficient (Wildman–Crippen LogP) is 3.58. The van der Waals surface area contributed by atoms with E-state index in [2.05, 4.69) is 31.1 Å². The molecule has 2 amide bonds. The third-order valence-electron chi connectivity index (χ3n) is 4.93. The molecular weight excluding hydrogens is 300 g/mol. The summed E-state index contributed by atoms with van der Waals surface area (Å²) in [4.78, 5) is 23.7. The summed E-state index contributed by atoms with van der Waals surface area (Å²) in [6, 6.07) is 7.35. The van der Waals surface area contributed by atoms with Crippen LogP contribution in [0.3, 0.4) is 0 Å². The standard InChI is InChI=1S/C20H28N2O2/c1-4-18(23)21-14-15-10-12-16(13-11-15)19(24)22-20(2,3)17-8-6-5-7-9-17/h4,10-13,17H,1,5-9,14H2,2-3H3,(H,21,23)(H,22,24). The Kier molecular flexibility index (Phi) is 6.18. The fraction of sp³-hybridized carbons (Fsp3) is 0.500. The van der Waals surface area contributed by atoms with Gasteiger partial charge in [0.25, 0.3) is 5.91 Å². The van der Waals surface area contributed by atoms with Crippen LogP contribution >= 0.6 is 0 Å². The molecule has 1 aromatic rings. The normalized spacial score (nSPS) is 15.6. The van der Waals surface area contributed by atoms with Gasteiger partial charge in [-0.25, -0.2) is 0 Å². The molecule has 4 heteroatoms. The van der Waals surface area contributed by atoms with Crippen LogP contribution in [0.2, 0.25) is 0 Å². The number of nitrogens with one attached hydrogen (secondary N) is 2. The first-order valence-electron chi connectivity index (χ1n) is 8.74. The van der Waals surface area contributed by atoms with Gasteiger partial charge in [-0.2, -0.15) is 0 Å². The van der Waals surface area contributed by atoms with Gasteiger partial charge in [-0.1, -0.05) is 38.0 Å². The van der Waals surface area contributed by atoms with E-state index >= 15 is 0 Å². The second-order valence-electron chi connectivity index (χ2n) is 7.13. The van der Waals surface area contributed by atoms with E-state index in [-0.39, 0.29) is 17.4 Å². The highest BCUT2D eigenvalue weighted by Gasteiger charge is 2.32. The van der Waals surface area contributed by atoms with Gasteiger partial charge < -0.3 is 10.6 Å². The molecule has 0 aromatic heterocycles. The molecule has 4 nitrogen and oxygen atoms in total. The van der Waals surface area contributed by atoms with Gasteiger partial charge in [0, 0.05) is 17.6 Å². The van der Waals surface area contributed by atoms with Crippen molar-refractivity contribution < 1.29 is 9.59 Å². The molecule has 1 saturated carbocycles. The number of hydrogen-bond donors (Lipinski definition) is 2. The smallest absolute Gasteiger partial charge is 0.251 e. The van der Waals surface area contributed by atoms with Crippen molar-refractivity contribution in [1.82, 2.24) is 10.6 Å². The van der Waals surface area contributed by atoms with Gasteiger partial charge in [0.1, 0.15) is 0 Å². The highest BCUT2D eigenvalue weighted by Crippen LogP contribution is 2.32. The first kappa shape index (κ1) is 18.2. The molecule has 1 aliphatic carbocycles. The summed E-state index contributed by atoms with van der Waals surface area (Å²) in [5, 5.41) is 5.92. The van der Waals surface area contributed by atoms with Crippen LogP contribution in [0.25, 0.3) is 0 Å². The number of carbonyl (C=O) groups is 2. The Morgan fingerprint density at radius 2 is 1.79 bits per heavy atom. The number of rotatable bonds is 6. The lowest BCUT2D eigenvalue weighted by Gasteiger charge is -2.37. The van der Waals surface area contributed by atoms with Crippen molar-refractivity contribution in [3.63, 3.8) is 0 Å². The van der Waals surface area contributed by atoms with Crippen molar-refractivity contribution in [3.8, 4) is 0 Å². The highest BCUT2D eigenvalue weighted by atomic mass is 16.2. The average molecular weight is 328 g/mol. The van der Waals surface area contributed by atoms with Crippen LogP contribution in [0.5, 0.6) is 0 Å². The van der Waals surface area contributed by atoms with Crippen molar-refractivity contribution in [2.45, 2.75) is 58.0 Å². The molecule has 1 fully saturated rings. The zero-order chi connectivity index (χ0) is 17.6. The maximum atomic E-state index is 12.5. The number of benzene rings is 1. The molecular formula is C20H28N2O2. The Labute approximate surface area is 144 Å². The largest absolute Gasteiger partial charge is 0.348 e. The molecule has 0 unspecified atom stereocenters. The monoisotopic (exact) mass is 328 g/mol. The molecule has 0 heterocycles. The fourth-order valence-corrected chi connectivity index (χ4v) is 3.33. The highest BCUT2D eigenvalue weighted by molar-refractivity contribution is 5.94. The second kappa shape index (κ2) is 8.13. The van der Waals surface area contributed by atoms with E-state index in [1.807, 2.05) is 24.3 Å². The number of carbonyl (C=O) groups excluding carboxylic acids is 2. The summed E-state index contributed by atoms with van der Waals surface area (Å²) in [6.07, 6.45) is 7.45. The van der Waals surface area contributed by atoms with Crippen LogP contribution < -0.4 is 10.6 Å². The summed E-state index contributed by atoms with van der Waals surface area (Å²) < 4.78 is 0. The van der Waals surface area contributed by atoms with E-state index in [4.69, 9.17) is 0 Å². The SMILES string of the molecule is C=CC(=O)NCc1ccc(C(=O)NC(C)(C)C2CCCCC2)cc1. The van der Waals surface area contributed by atoms with Crippen LogP contribution in [0.4, 0.5) is 0 Å². The zero-order valence-corrected chi connectivity index (χ0v) is 14.7. The van der Waals surface area contributed by atoms with E-state index in [1.165, 1.54) is 38.2 Å². The maximum Gasteiger partial charge on any atom is 0.251 e. The first-order valence-corrected chi connectivity index (χ1v) is 8.74. The van der Waals surface area contributed by atoms with Crippen molar-refractivity contribution in [2.24, 2.45) is 5.92 Å². The van der Waals surface area contributed by atoms with E-state index < -0.39 is 0 Å². The van der Waals surface area contributed by atoms with Crippen molar-refractivity contribution in [1.29, 1.82) is 0 Å². The Balaban J connectivity index is 1.94. The lowest BCUT2D eigenvalue weighted by Crippen LogP contribution is -2.49. The van der Waals surface area contributed by atoms with Gasteiger partial charge in [-0.3, -0.25) is 9.59 Å². The van der Waals surface area contributed by atoms with Gasteiger partial charge in [0.15, 0.2) is 0 Å². The molecule has 0 bridgehead atoms. The predicted molar refractivity (Wildman–Crippen MR) is 96.6 cm³/mol. The lowest BCUT2D eigenvalue weighted by molar-refractivity contribution is -0.116. The molecule has 0 aliphatic heterocycles. The van der Waals surface area contributed by atoms with Gasteiger partial charge >= 0.3 is 0 Å². The molecule has 1 aromatic carbocycles. The first-order chi connectivity index (χ1) is 11.4. The molecule has 24 heavy (non-hydrogen) atoms. The van der Waals surface area contributed by atoms with Crippen molar-refractivity contribution in [3.05, 3.63) is 48.0 Å². The zero-order valence-electron chi connectivity index (χ0n) is 14.7. The molecule has 0 atom stereocenters. The minimum atomic E-state index is -0.203. The van der Waals surface area contributed by atoms with Crippen LogP contribution in [0.1, 0.15) is 61.9 Å². The third kappa shape index (κ3) is 4.95. The van der Waals surface area contributed by atoms with Gasteiger partial charge in [0.05, 0.1) is 0 Å². The van der Waals surface area contributed by atoms with Crippen molar-refractivity contribution in [2.75, 3.05) is 0 Å². The summed E-state index contributed by atoms with van der Waals surface area (Å²) in [5.41, 5.74) is 1.42. The molecule has 130 valence electrons. The molecule has 2 N–H and O–H groups in total. The van der Waals surface area contributed by atoms with Crippen LogP contribution in [0.15, 0.2) is 36.9 Å². The van der Waals surface area contributed by atoms with Gasteiger partial charge in [-0.15, -0.1) is 0 Å². The summed E-state index contributed by atoms with van der Waals surface area (Å²) in [5.74, 6) is 0.307. The van der Waals surface area contributed by atoms with Crippen LogP contribution in [0, 0.1) is 5.92 Å². The number of hydrogen-bond acceptors (Lipinski definition) is 2. The Morgan fingerprint density at radius 1 is 1.17 bits per heavy atom. The van der Waals surface area contributed by atoms with Gasteiger partial charge in [-0.05, 0) is 56.4 Å². The summed E-state index contributed by atoms with van der Waals surface area (Å²) in [7, 11) is 0. The van der Waals surface area contributed by atoms with E-state index in [9.17, 15) is 9.59 Å². The van der Waals surface area contributed by atoms with Crippen LogP contribution in [-0.2, 0) is 11.3 Å². The summed E-state index contributed by atoms with van der Waals surface area (Å²) in [6.45, 7) is 8.10. The Bertz CT molecular complexity index is 584.